The van der Waals surface area contributed by atoms with E-state index in [2.05, 4.69) is 20.4 Å². The summed E-state index contributed by atoms with van der Waals surface area (Å²) in [5, 5.41) is 6.89. The number of hydrogen-bond acceptors (Lipinski definition) is 5. The lowest BCUT2D eigenvalue weighted by Gasteiger charge is -2.37. The van der Waals surface area contributed by atoms with Crippen molar-refractivity contribution in [3.05, 3.63) is 30.1 Å². The van der Waals surface area contributed by atoms with Crippen LogP contribution in [0, 0.1) is 0 Å². The normalized spacial score (nSPS) is 20.5. The van der Waals surface area contributed by atoms with Gasteiger partial charge < -0.3 is 14.7 Å². The quantitative estimate of drug-likeness (QED) is 0.929. The number of carbonyl (C=O) groups is 1. The SMILES string of the molecule is CCc1noc(-c2ccc(NC(=O)N3CCN4CCC[C@@H]4C3)cc2)n1. The van der Waals surface area contributed by atoms with Crippen molar-refractivity contribution in [3.8, 4) is 11.5 Å². The molecule has 0 aliphatic carbocycles. The van der Waals surface area contributed by atoms with Gasteiger partial charge in [-0.05, 0) is 43.7 Å². The summed E-state index contributed by atoms with van der Waals surface area (Å²) in [6.07, 6.45) is 3.19. The third-order valence-corrected chi connectivity index (χ3v) is 5.04. The van der Waals surface area contributed by atoms with Gasteiger partial charge in [-0.2, -0.15) is 4.98 Å². The van der Waals surface area contributed by atoms with Gasteiger partial charge in [0.25, 0.3) is 5.89 Å². The highest BCUT2D eigenvalue weighted by atomic mass is 16.5. The molecule has 0 saturated carbocycles. The number of aromatic nitrogens is 2. The van der Waals surface area contributed by atoms with E-state index >= 15 is 0 Å². The van der Waals surface area contributed by atoms with Crippen LogP contribution in [0.3, 0.4) is 0 Å². The first-order valence-electron chi connectivity index (χ1n) is 8.96. The first-order valence-corrected chi connectivity index (χ1v) is 8.96. The zero-order valence-corrected chi connectivity index (χ0v) is 14.4. The summed E-state index contributed by atoms with van der Waals surface area (Å²) in [5.74, 6) is 1.20. The molecule has 2 aliphatic rings. The number of fused-ring (bicyclic) bond motifs is 1. The number of urea groups is 1. The third kappa shape index (κ3) is 3.37. The summed E-state index contributed by atoms with van der Waals surface area (Å²) in [6.45, 7) is 5.76. The number of benzene rings is 1. The second-order valence-corrected chi connectivity index (χ2v) is 6.65. The monoisotopic (exact) mass is 341 g/mol. The molecule has 0 spiro atoms. The van der Waals surface area contributed by atoms with E-state index < -0.39 is 0 Å². The minimum atomic E-state index is -0.0228. The van der Waals surface area contributed by atoms with E-state index in [1.54, 1.807) is 0 Å². The first kappa shape index (κ1) is 16.1. The Morgan fingerprint density at radius 1 is 1.28 bits per heavy atom. The van der Waals surface area contributed by atoms with Gasteiger partial charge in [-0.1, -0.05) is 12.1 Å². The molecule has 1 aromatic carbocycles. The Hall–Kier alpha value is -2.41. The topological polar surface area (TPSA) is 74.5 Å². The molecule has 132 valence electrons. The van der Waals surface area contributed by atoms with E-state index in [0.717, 1.165) is 37.3 Å². The number of amides is 2. The van der Waals surface area contributed by atoms with Gasteiger partial charge in [-0.3, -0.25) is 4.90 Å². The number of anilines is 1. The number of hydrogen-bond donors (Lipinski definition) is 1. The highest BCUT2D eigenvalue weighted by molar-refractivity contribution is 5.89. The molecule has 3 heterocycles. The molecular formula is C18H23N5O2. The number of rotatable bonds is 3. The van der Waals surface area contributed by atoms with E-state index in [1.165, 1.54) is 19.4 Å². The maximum absolute atomic E-state index is 12.5. The van der Waals surface area contributed by atoms with Crippen LogP contribution in [0.25, 0.3) is 11.5 Å². The molecule has 2 aliphatic heterocycles. The molecule has 7 nitrogen and oxygen atoms in total. The fourth-order valence-corrected chi connectivity index (χ4v) is 3.59. The average molecular weight is 341 g/mol. The van der Waals surface area contributed by atoms with Gasteiger partial charge in [0.15, 0.2) is 5.82 Å². The number of piperazine rings is 1. The lowest BCUT2D eigenvalue weighted by molar-refractivity contribution is 0.124. The maximum Gasteiger partial charge on any atom is 0.321 e. The summed E-state index contributed by atoms with van der Waals surface area (Å²) in [4.78, 5) is 21.2. The number of nitrogens with zero attached hydrogens (tertiary/aromatic N) is 4. The van der Waals surface area contributed by atoms with Gasteiger partial charge in [0.2, 0.25) is 0 Å². The van der Waals surface area contributed by atoms with Gasteiger partial charge in [-0.15, -0.1) is 0 Å². The van der Waals surface area contributed by atoms with Crippen LogP contribution in [-0.4, -0.2) is 58.2 Å². The molecule has 2 aromatic rings. The van der Waals surface area contributed by atoms with Crippen LogP contribution in [0.15, 0.2) is 28.8 Å². The highest BCUT2D eigenvalue weighted by Crippen LogP contribution is 2.23. The standard InChI is InChI=1S/C18H23N5O2/c1-2-16-20-17(25-21-16)13-5-7-14(8-6-13)19-18(24)23-11-10-22-9-3-4-15(22)12-23/h5-8,15H,2-4,9-12H2,1H3,(H,19,24)/t15-/m1/s1. The lowest BCUT2D eigenvalue weighted by atomic mass is 10.1. The van der Waals surface area contributed by atoms with Crippen LogP contribution >= 0.6 is 0 Å². The first-order chi connectivity index (χ1) is 12.2. The van der Waals surface area contributed by atoms with Crippen LogP contribution in [-0.2, 0) is 6.42 Å². The molecule has 0 radical (unpaired) electrons. The van der Waals surface area contributed by atoms with Crippen molar-refractivity contribution in [1.29, 1.82) is 0 Å². The van der Waals surface area contributed by atoms with Crippen LogP contribution in [0.5, 0.6) is 0 Å². The van der Waals surface area contributed by atoms with E-state index in [1.807, 2.05) is 36.1 Å². The summed E-state index contributed by atoms with van der Waals surface area (Å²) in [5.41, 5.74) is 1.63. The average Bonchev–Trinajstić information content (AvgIpc) is 3.30. The Kier molecular flexibility index (Phi) is 4.40. The van der Waals surface area contributed by atoms with E-state index in [4.69, 9.17) is 4.52 Å². The third-order valence-electron chi connectivity index (χ3n) is 5.04. The molecule has 2 amide bonds. The van der Waals surface area contributed by atoms with Crippen molar-refractivity contribution < 1.29 is 9.32 Å². The summed E-state index contributed by atoms with van der Waals surface area (Å²) < 4.78 is 5.24. The predicted molar refractivity (Wildman–Crippen MR) is 94.3 cm³/mol. The zero-order valence-electron chi connectivity index (χ0n) is 14.4. The van der Waals surface area contributed by atoms with Gasteiger partial charge in [0, 0.05) is 43.3 Å². The van der Waals surface area contributed by atoms with Crippen molar-refractivity contribution in [1.82, 2.24) is 19.9 Å². The minimum Gasteiger partial charge on any atom is -0.334 e. The Labute approximate surface area is 147 Å². The van der Waals surface area contributed by atoms with E-state index in [9.17, 15) is 4.79 Å². The fourth-order valence-electron chi connectivity index (χ4n) is 3.59. The van der Waals surface area contributed by atoms with Gasteiger partial charge in [0.1, 0.15) is 0 Å². The van der Waals surface area contributed by atoms with Crippen molar-refractivity contribution in [2.24, 2.45) is 0 Å². The molecule has 0 unspecified atom stereocenters. The number of aryl methyl sites for hydroxylation is 1. The Morgan fingerprint density at radius 3 is 2.88 bits per heavy atom. The largest absolute Gasteiger partial charge is 0.334 e. The highest BCUT2D eigenvalue weighted by Gasteiger charge is 2.32. The molecule has 4 rings (SSSR count). The van der Waals surface area contributed by atoms with Crippen LogP contribution < -0.4 is 5.32 Å². The zero-order chi connectivity index (χ0) is 17.2. The molecule has 1 N–H and O–H groups in total. The van der Waals surface area contributed by atoms with Crippen LogP contribution in [0.2, 0.25) is 0 Å². The predicted octanol–water partition coefficient (Wildman–Crippen LogP) is 2.61. The van der Waals surface area contributed by atoms with E-state index in [-0.39, 0.29) is 6.03 Å². The Bertz CT molecular complexity index is 742. The molecule has 2 saturated heterocycles. The van der Waals surface area contributed by atoms with Crippen LogP contribution in [0.1, 0.15) is 25.6 Å². The van der Waals surface area contributed by atoms with Gasteiger partial charge >= 0.3 is 6.03 Å². The molecule has 1 atom stereocenters. The number of carbonyl (C=O) groups excluding carboxylic acids is 1. The minimum absolute atomic E-state index is 0.0228. The molecule has 1 aromatic heterocycles. The van der Waals surface area contributed by atoms with Crippen LogP contribution in [0.4, 0.5) is 10.5 Å². The fraction of sp³-hybridized carbons (Fsp3) is 0.500. The molecule has 7 heteroatoms. The second-order valence-electron chi connectivity index (χ2n) is 6.65. The molecule has 25 heavy (non-hydrogen) atoms. The van der Waals surface area contributed by atoms with Crippen molar-refractivity contribution in [2.75, 3.05) is 31.5 Å². The van der Waals surface area contributed by atoms with E-state index in [0.29, 0.717) is 17.8 Å². The molecule has 0 bridgehead atoms. The van der Waals surface area contributed by atoms with Crippen molar-refractivity contribution in [2.45, 2.75) is 32.2 Å². The smallest absolute Gasteiger partial charge is 0.321 e. The van der Waals surface area contributed by atoms with Gasteiger partial charge in [0.05, 0.1) is 0 Å². The molecule has 2 fully saturated rings. The van der Waals surface area contributed by atoms with Crippen molar-refractivity contribution in [3.63, 3.8) is 0 Å². The van der Waals surface area contributed by atoms with Gasteiger partial charge in [-0.25, -0.2) is 4.79 Å². The summed E-state index contributed by atoms with van der Waals surface area (Å²) in [7, 11) is 0. The second kappa shape index (κ2) is 6.84. The lowest BCUT2D eigenvalue weighted by Crippen LogP contribution is -2.53. The number of nitrogens with one attached hydrogen (secondary N) is 1. The van der Waals surface area contributed by atoms with Crippen molar-refractivity contribution >= 4 is 11.7 Å². The summed E-state index contributed by atoms with van der Waals surface area (Å²) in [6, 6.07) is 8.02. The maximum atomic E-state index is 12.5. The molecular weight excluding hydrogens is 318 g/mol. The Morgan fingerprint density at radius 2 is 2.12 bits per heavy atom. The Balaban J connectivity index is 1.38. The summed E-state index contributed by atoms with van der Waals surface area (Å²) >= 11 is 0.